The fraction of sp³-hybridized carbons (Fsp3) is 0.292. The Balaban J connectivity index is 1.04. The van der Waals surface area contributed by atoms with E-state index in [9.17, 15) is 58.2 Å². The van der Waals surface area contributed by atoms with Gasteiger partial charge >= 0.3 is 35.1 Å². The molecule has 1 saturated heterocycles. The molecule has 402 valence electrons. The number of aliphatic hydroxyl groups is 1. The zero-order chi connectivity index (χ0) is 55.4. The maximum atomic E-state index is 13.7. The number of nitrogens with zero attached hydrogens (tertiary/aromatic N) is 3. The molecule has 2 aliphatic heterocycles. The summed E-state index contributed by atoms with van der Waals surface area (Å²) >= 11 is 0. The van der Waals surface area contributed by atoms with Crippen molar-refractivity contribution in [3.63, 3.8) is 0 Å². The van der Waals surface area contributed by atoms with Gasteiger partial charge in [-0.1, -0.05) is 62.6 Å². The number of nitrogen functional groups attached to an aromatic ring is 1. The first-order chi connectivity index (χ1) is 35.7. The van der Waals surface area contributed by atoms with E-state index in [4.69, 9.17) is 29.7 Å². The van der Waals surface area contributed by atoms with Crippen LogP contribution in [0.25, 0.3) is 12.2 Å². The fourth-order valence-electron chi connectivity index (χ4n) is 8.37. The number of ketones is 1. The number of aliphatic hydroxyl groups excluding tert-OH is 1. The van der Waals surface area contributed by atoms with Crippen LogP contribution >= 0.6 is 23.5 Å². The summed E-state index contributed by atoms with van der Waals surface area (Å²) in [5.41, 5.74) is 7.99. The molecular weight excluding hydrogens is 1060 g/mol. The molecule has 28 heteroatoms. The molecule has 25 nitrogen and oxygen atoms in total. The highest BCUT2D eigenvalue weighted by atomic mass is 31.3. The Morgan fingerprint density at radius 2 is 1.75 bits per heavy atom. The number of carboxylic acid groups (broad SMARTS) is 1. The van der Waals surface area contributed by atoms with Crippen molar-refractivity contribution >= 4 is 58.9 Å². The van der Waals surface area contributed by atoms with E-state index in [2.05, 4.69) is 41.9 Å². The van der Waals surface area contributed by atoms with E-state index in [1.165, 1.54) is 30.5 Å². The summed E-state index contributed by atoms with van der Waals surface area (Å²) in [6.07, 6.45) is -4.35. The molecule has 1 aromatic heterocycles. The molecule has 1 fully saturated rings. The van der Waals surface area contributed by atoms with Gasteiger partial charge in [-0.3, -0.25) is 24.0 Å². The van der Waals surface area contributed by atoms with Crippen LogP contribution in [0.1, 0.15) is 99.5 Å². The molecule has 6 atom stereocenters. The second kappa shape index (κ2) is 23.4. The topological polar surface area (TPSA) is 378 Å². The summed E-state index contributed by atoms with van der Waals surface area (Å²) in [6, 6.07) is 19.6. The minimum atomic E-state index is -5.82. The van der Waals surface area contributed by atoms with Gasteiger partial charge in [0.05, 0.1) is 41.5 Å². The van der Waals surface area contributed by atoms with Crippen LogP contribution in [0.5, 0.6) is 11.5 Å². The quantitative estimate of drug-likeness (QED) is 0.0157. The summed E-state index contributed by atoms with van der Waals surface area (Å²) in [7, 11) is -15.2. The van der Waals surface area contributed by atoms with Crippen molar-refractivity contribution in [2.24, 2.45) is 5.92 Å². The Hall–Kier alpha value is -6.55. The number of anilines is 1. The predicted octanol–water partition coefficient (Wildman–Crippen LogP) is 4.83. The predicted molar refractivity (Wildman–Crippen MR) is 269 cm³/mol. The third-order valence-corrected chi connectivity index (χ3v) is 15.5. The average Bonchev–Trinajstić information content (AvgIpc) is 3.70. The van der Waals surface area contributed by atoms with Crippen LogP contribution in [0.2, 0.25) is 0 Å². The van der Waals surface area contributed by atoms with Crippen molar-refractivity contribution < 1.29 is 85.3 Å². The fourth-order valence-corrected chi connectivity index (χ4v) is 11.4. The lowest BCUT2D eigenvalue weighted by Gasteiger charge is -2.23. The molecule has 0 spiro atoms. The average molecular weight is 1110 g/mol. The Bertz CT molecular complexity index is 3520. The number of aromatic nitrogens is 2. The van der Waals surface area contributed by atoms with Crippen LogP contribution in [0, 0.1) is 27.9 Å². The number of rotatable bonds is 21. The SMILES string of the molecule is C=c1ccc2c(c1)Oc1cc(CNC)ccc1C=2c1cc(C(=O)CCC#Cc2ccc(C(OCc3cn([C@H]4CC(O)[C@@H](COP(=O)(O)OP(=O)(O)OP(=O)(O)O)O4)c(=O)nc3N)C(C)C)c([N+](=O)[O-])c2)ccc1C(=O)O. The number of fused-ring (bicyclic) bond motifs is 2. The molecule has 7 rings (SSSR count). The molecule has 4 unspecified atom stereocenters. The van der Waals surface area contributed by atoms with Crippen molar-refractivity contribution in [1.82, 2.24) is 14.9 Å². The van der Waals surface area contributed by atoms with Gasteiger partial charge in [0, 0.05) is 71.1 Å². The number of ether oxygens (including phenoxy) is 3. The molecule has 0 bridgehead atoms. The number of Topliss-reactive ketones (excluding diaryl/α,β-unsaturated/α-hetero) is 1. The first-order valence-corrected chi connectivity index (χ1v) is 27.3. The number of nitro benzene ring substituents is 1. The normalized spacial score (nSPS) is 18.1. The first-order valence-electron chi connectivity index (χ1n) is 22.8. The number of carboxylic acids is 1. The molecule has 0 radical (unpaired) electrons. The highest BCUT2D eigenvalue weighted by molar-refractivity contribution is 7.66. The van der Waals surface area contributed by atoms with Gasteiger partial charge in [-0.15, -0.1) is 0 Å². The van der Waals surface area contributed by atoms with Crippen molar-refractivity contribution in [3.05, 3.63) is 155 Å². The van der Waals surface area contributed by atoms with Crippen LogP contribution < -0.4 is 31.9 Å². The summed E-state index contributed by atoms with van der Waals surface area (Å²) in [5.74, 6) is 4.59. The lowest BCUT2D eigenvalue weighted by atomic mass is 9.87. The molecule has 4 aromatic carbocycles. The number of nitrogens with one attached hydrogen (secondary N) is 1. The second-order valence-electron chi connectivity index (χ2n) is 17.6. The number of phosphoric acid groups is 3. The third-order valence-electron chi connectivity index (χ3n) is 11.7. The molecule has 2 aliphatic rings. The smallest absolute Gasteiger partial charge is 0.478 e. The second-order valence-corrected chi connectivity index (χ2v) is 22.0. The Labute approximate surface area is 431 Å². The number of hydrogen-bond donors (Lipinski definition) is 8. The molecule has 0 aliphatic carbocycles. The summed E-state index contributed by atoms with van der Waals surface area (Å²) in [5, 5.41) is 37.8. The minimum Gasteiger partial charge on any atom is -0.478 e. The summed E-state index contributed by atoms with van der Waals surface area (Å²) in [4.78, 5) is 91.7. The number of nitro groups is 1. The number of hydrogen-bond acceptors (Lipinski definition) is 18. The lowest BCUT2D eigenvalue weighted by molar-refractivity contribution is -0.386. The first kappa shape index (κ1) is 57.2. The van der Waals surface area contributed by atoms with E-state index in [1.807, 2.05) is 25.2 Å². The van der Waals surface area contributed by atoms with Crippen LogP contribution in [-0.2, 0) is 49.5 Å². The van der Waals surface area contributed by atoms with Crippen LogP contribution in [-0.4, -0.2) is 81.9 Å². The number of carbonyl (C=O) groups is 2. The minimum absolute atomic E-state index is 0.0263. The Morgan fingerprint density at radius 3 is 2.43 bits per heavy atom. The largest absolute Gasteiger partial charge is 0.490 e. The highest BCUT2D eigenvalue weighted by Crippen LogP contribution is 2.66. The van der Waals surface area contributed by atoms with Gasteiger partial charge in [0.1, 0.15) is 29.6 Å². The molecule has 5 aromatic rings. The van der Waals surface area contributed by atoms with Gasteiger partial charge in [-0.05, 0) is 65.7 Å². The van der Waals surface area contributed by atoms with Gasteiger partial charge in [0.2, 0.25) is 0 Å². The van der Waals surface area contributed by atoms with E-state index in [1.54, 1.807) is 44.2 Å². The number of phosphoric ester groups is 1. The lowest BCUT2D eigenvalue weighted by Crippen LogP contribution is -2.29. The van der Waals surface area contributed by atoms with Crippen molar-refractivity contribution in [1.29, 1.82) is 0 Å². The van der Waals surface area contributed by atoms with Crippen molar-refractivity contribution in [2.75, 3.05) is 19.4 Å². The monoisotopic (exact) mass is 1110 g/mol. The van der Waals surface area contributed by atoms with E-state index >= 15 is 0 Å². The molecule has 76 heavy (non-hydrogen) atoms. The van der Waals surface area contributed by atoms with E-state index in [0.717, 1.165) is 10.1 Å². The van der Waals surface area contributed by atoms with Crippen LogP contribution in [0.3, 0.4) is 0 Å². The maximum absolute atomic E-state index is 13.7. The molecule has 9 N–H and O–H groups in total. The van der Waals surface area contributed by atoms with Gasteiger partial charge in [0.15, 0.2) is 5.78 Å². The molecule has 3 heterocycles. The Kier molecular flexibility index (Phi) is 17.6. The number of nitrogens with two attached hydrogens (primary N) is 1. The van der Waals surface area contributed by atoms with Crippen LogP contribution in [0.4, 0.5) is 11.5 Å². The van der Waals surface area contributed by atoms with E-state index in [-0.39, 0.29) is 76.9 Å². The van der Waals surface area contributed by atoms with Gasteiger partial charge < -0.3 is 55.0 Å². The summed E-state index contributed by atoms with van der Waals surface area (Å²) in [6.45, 7) is 6.71. The third kappa shape index (κ3) is 13.9. The van der Waals surface area contributed by atoms with Gasteiger partial charge in [-0.2, -0.15) is 13.6 Å². The Morgan fingerprint density at radius 1 is 1.00 bits per heavy atom. The van der Waals surface area contributed by atoms with Crippen molar-refractivity contribution in [3.8, 4) is 23.3 Å². The van der Waals surface area contributed by atoms with Crippen LogP contribution in [0.15, 0.2) is 83.8 Å². The zero-order valence-electron chi connectivity index (χ0n) is 40.5. The molecule has 0 amide bonds. The zero-order valence-corrected chi connectivity index (χ0v) is 43.2. The van der Waals surface area contributed by atoms with Gasteiger partial charge in [-0.25, -0.2) is 23.3 Å². The van der Waals surface area contributed by atoms with Crippen molar-refractivity contribution in [2.45, 2.75) is 70.8 Å². The van der Waals surface area contributed by atoms with E-state index < -0.39 is 71.2 Å². The maximum Gasteiger partial charge on any atom is 0.490 e. The summed E-state index contributed by atoms with van der Waals surface area (Å²) < 4.78 is 65.7. The molecular formula is C48H50N5O20P3. The number of aromatic carboxylic acids is 1. The molecule has 0 saturated carbocycles. The van der Waals surface area contributed by atoms with E-state index in [0.29, 0.717) is 45.2 Å². The highest BCUT2D eigenvalue weighted by Gasteiger charge is 2.43. The van der Waals surface area contributed by atoms with Gasteiger partial charge in [0.25, 0.3) is 5.69 Å². The number of carbonyl (C=O) groups excluding carboxylic acids is 1. The standard InChI is InChI=1S/C48H50N5O20P3/c1-26(2)45(68-24-31-23-52(48(58)51-46(31)49)43-21-39(55)42(71-43)25-69-75(64,65)73-76(66,67)72-74(61,62)63)33-14-10-28(18-37(33)53(59)60)7-5-6-8-38(54)30-12-16-32(47(56)57)36(20-30)44-34-13-9-27(3)17-40(34)70-41-19-29(22-50-4)11-15-35(41)44/h9-20,23,26,39,42-43,45,50,55H,3,6,8,21-22,24-25H2,1-2,4H3,(H,56,57)(H,64,65)(H,66,67)(H2,49,51,58)(H2,61,62,63)/t39?,42-,43-,45?/m1/s1. The number of benzene rings is 4.